The zero-order valence-electron chi connectivity index (χ0n) is 12.0. The van der Waals surface area contributed by atoms with Gasteiger partial charge in [-0.05, 0) is 32.9 Å². The van der Waals surface area contributed by atoms with Crippen molar-refractivity contribution in [1.82, 2.24) is 14.8 Å². The maximum absolute atomic E-state index is 12.8. The summed E-state index contributed by atoms with van der Waals surface area (Å²) in [6.07, 6.45) is 3.04. The monoisotopic (exact) mass is 294 g/mol. The second kappa shape index (κ2) is 5.24. The Bertz CT molecular complexity index is 722. The number of hydrogen-bond acceptors (Lipinski definition) is 4. The van der Waals surface area contributed by atoms with E-state index in [1.54, 1.807) is 50.8 Å². The van der Waals surface area contributed by atoms with Crippen molar-refractivity contribution in [3.63, 3.8) is 0 Å². The molecule has 20 heavy (non-hydrogen) atoms. The second-order valence-electron chi connectivity index (χ2n) is 4.50. The average molecular weight is 294 g/mol. The number of sulfonamides is 1. The fourth-order valence-electron chi connectivity index (χ4n) is 2.06. The van der Waals surface area contributed by atoms with Gasteiger partial charge in [0, 0.05) is 19.8 Å². The van der Waals surface area contributed by atoms with Gasteiger partial charge in [-0.3, -0.25) is 14.0 Å². The smallest absolute Gasteiger partial charge is 0.267 e. The van der Waals surface area contributed by atoms with Crippen molar-refractivity contribution in [1.29, 1.82) is 0 Å². The Morgan fingerprint density at radius 2 is 2.05 bits per heavy atom. The van der Waals surface area contributed by atoms with Gasteiger partial charge in [0.05, 0.1) is 23.3 Å². The lowest BCUT2D eigenvalue weighted by atomic mass is 10.3. The minimum atomic E-state index is -3.63. The average Bonchev–Trinajstić information content (AvgIpc) is 2.73. The Morgan fingerprint density at radius 1 is 1.35 bits per heavy atom. The molecule has 6 nitrogen and oxygen atoms in total. The molecule has 0 unspecified atom stereocenters. The van der Waals surface area contributed by atoms with E-state index < -0.39 is 10.0 Å². The van der Waals surface area contributed by atoms with Crippen LogP contribution in [0.5, 0.6) is 0 Å². The molecule has 0 amide bonds. The van der Waals surface area contributed by atoms with E-state index in [4.69, 9.17) is 0 Å². The number of nitrogens with zero attached hydrogens (tertiary/aromatic N) is 4. The van der Waals surface area contributed by atoms with Gasteiger partial charge in [-0.2, -0.15) is 5.10 Å². The zero-order valence-corrected chi connectivity index (χ0v) is 12.8. The number of anilines is 1. The number of rotatable bonds is 4. The minimum Gasteiger partial charge on any atom is -0.272 e. The molecule has 0 radical (unpaired) electrons. The molecule has 0 aromatic carbocycles. The molecule has 0 aliphatic rings. The summed E-state index contributed by atoms with van der Waals surface area (Å²) in [5, 5.41) is 4.01. The predicted molar refractivity (Wildman–Crippen MR) is 77.1 cm³/mol. The first-order chi connectivity index (χ1) is 9.39. The molecular formula is C13H18N4O2S. The van der Waals surface area contributed by atoms with Crippen LogP contribution in [0.15, 0.2) is 29.4 Å². The Kier molecular flexibility index (Phi) is 3.80. The van der Waals surface area contributed by atoms with Crippen molar-refractivity contribution in [2.45, 2.75) is 25.7 Å². The topological polar surface area (TPSA) is 68.1 Å². The highest BCUT2D eigenvalue weighted by molar-refractivity contribution is 7.92. The highest BCUT2D eigenvalue weighted by Gasteiger charge is 2.28. The highest BCUT2D eigenvalue weighted by Crippen LogP contribution is 2.26. The van der Waals surface area contributed by atoms with Gasteiger partial charge in [0.15, 0.2) is 0 Å². The quantitative estimate of drug-likeness (QED) is 0.860. The molecule has 0 spiro atoms. The van der Waals surface area contributed by atoms with Crippen LogP contribution in [-0.2, 0) is 17.1 Å². The van der Waals surface area contributed by atoms with Crippen LogP contribution in [0.1, 0.15) is 18.3 Å². The van der Waals surface area contributed by atoms with Crippen LogP contribution >= 0.6 is 0 Å². The van der Waals surface area contributed by atoms with Crippen LogP contribution < -0.4 is 4.31 Å². The lowest BCUT2D eigenvalue weighted by Crippen LogP contribution is -2.31. The first kappa shape index (κ1) is 14.5. The van der Waals surface area contributed by atoms with Crippen molar-refractivity contribution in [3.05, 3.63) is 35.9 Å². The zero-order chi connectivity index (χ0) is 14.9. The van der Waals surface area contributed by atoms with Crippen molar-refractivity contribution < 1.29 is 8.42 Å². The van der Waals surface area contributed by atoms with E-state index in [2.05, 4.69) is 10.1 Å². The van der Waals surface area contributed by atoms with Crippen molar-refractivity contribution in [3.8, 4) is 0 Å². The summed E-state index contributed by atoms with van der Waals surface area (Å²) in [4.78, 5) is 4.38. The molecule has 108 valence electrons. The van der Waals surface area contributed by atoms with E-state index in [1.807, 2.05) is 0 Å². The van der Waals surface area contributed by atoms with Crippen LogP contribution in [0.3, 0.4) is 0 Å². The molecule has 0 aliphatic heterocycles. The summed E-state index contributed by atoms with van der Waals surface area (Å²) < 4.78 is 28.5. The van der Waals surface area contributed by atoms with Gasteiger partial charge in [-0.25, -0.2) is 8.42 Å². The van der Waals surface area contributed by atoms with E-state index in [9.17, 15) is 8.42 Å². The van der Waals surface area contributed by atoms with E-state index >= 15 is 0 Å². The first-order valence-electron chi connectivity index (χ1n) is 6.32. The number of aryl methyl sites for hydroxylation is 2. The van der Waals surface area contributed by atoms with Crippen LogP contribution in [0.25, 0.3) is 0 Å². The normalized spacial score (nSPS) is 11.6. The van der Waals surface area contributed by atoms with Gasteiger partial charge in [0.2, 0.25) is 0 Å². The Morgan fingerprint density at radius 3 is 2.55 bits per heavy atom. The molecule has 0 fully saturated rings. The summed E-state index contributed by atoms with van der Waals surface area (Å²) in [5.74, 6) is 0. The molecule has 0 aliphatic carbocycles. The lowest BCUT2D eigenvalue weighted by molar-refractivity contribution is 0.590. The number of hydrogen-bond donors (Lipinski definition) is 0. The lowest BCUT2D eigenvalue weighted by Gasteiger charge is -2.23. The van der Waals surface area contributed by atoms with Crippen molar-refractivity contribution >= 4 is 15.7 Å². The maximum Gasteiger partial charge on any atom is 0.267 e. The largest absolute Gasteiger partial charge is 0.272 e. The van der Waals surface area contributed by atoms with E-state index in [-0.39, 0.29) is 4.90 Å². The van der Waals surface area contributed by atoms with Gasteiger partial charge in [0.1, 0.15) is 4.90 Å². The number of pyridine rings is 1. The molecule has 0 bridgehead atoms. The van der Waals surface area contributed by atoms with Gasteiger partial charge < -0.3 is 0 Å². The molecule has 2 aromatic heterocycles. The molecular weight excluding hydrogens is 276 g/mol. The summed E-state index contributed by atoms with van der Waals surface area (Å²) in [6.45, 7) is 5.67. The third-order valence-corrected chi connectivity index (χ3v) is 5.28. The molecule has 2 aromatic rings. The van der Waals surface area contributed by atoms with Crippen LogP contribution in [0.4, 0.5) is 5.69 Å². The third-order valence-electron chi connectivity index (χ3n) is 3.29. The molecule has 2 heterocycles. The van der Waals surface area contributed by atoms with E-state index in [1.165, 1.54) is 10.5 Å². The van der Waals surface area contributed by atoms with Crippen LogP contribution in [0.2, 0.25) is 0 Å². The third kappa shape index (κ3) is 2.29. The Hall–Kier alpha value is -1.89. The van der Waals surface area contributed by atoms with Gasteiger partial charge >= 0.3 is 0 Å². The number of aromatic nitrogens is 3. The van der Waals surface area contributed by atoms with Crippen LogP contribution in [0, 0.1) is 13.8 Å². The maximum atomic E-state index is 12.8. The molecule has 0 N–H and O–H groups in total. The molecule has 0 atom stereocenters. The summed E-state index contributed by atoms with van der Waals surface area (Å²) in [5.41, 5.74) is 1.89. The van der Waals surface area contributed by atoms with Gasteiger partial charge in [0.25, 0.3) is 10.0 Å². The minimum absolute atomic E-state index is 0.227. The Labute approximate surface area is 119 Å². The molecule has 7 heteroatoms. The highest BCUT2D eigenvalue weighted by atomic mass is 32.2. The van der Waals surface area contributed by atoms with Gasteiger partial charge in [-0.15, -0.1) is 0 Å². The summed E-state index contributed by atoms with van der Waals surface area (Å²) in [7, 11) is -1.90. The van der Waals surface area contributed by atoms with E-state index in [0.717, 1.165) is 0 Å². The first-order valence-corrected chi connectivity index (χ1v) is 7.76. The van der Waals surface area contributed by atoms with Crippen molar-refractivity contribution in [2.75, 3.05) is 10.8 Å². The standard InChI is InChI=1S/C13H18N4O2S/c1-5-17(12-7-6-8-14-10(12)2)20(18,19)13-9-15-16(4)11(13)3/h6-9H,5H2,1-4H3. The van der Waals surface area contributed by atoms with Gasteiger partial charge in [-0.1, -0.05) is 0 Å². The predicted octanol–water partition coefficient (Wildman–Crippen LogP) is 1.65. The van der Waals surface area contributed by atoms with Crippen LogP contribution in [-0.4, -0.2) is 29.7 Å². The fourth-order valence-corrected chi connectivity index (χ4v) is 3.77. The molecule has 2 rings (SSSR count). The Balaban J connectivity index is 2.57. The van der Waals surface area contributed by atoms with E-state index in [0.29, 0.717) is 23.6 Å². The SMILES string of the molecule is CCN(c1cccnc1C)S(=O)(=O)c1cnn(C)c1C. The fraction of sp³-hybridized carbons (Fsp3) is 0.385. The molecule has 0 saturated heterocycles. The summed E-state index contributed by atoms with van der Waals surface area (Å²) in [6, 6.07) is 3.49. The molecule has 0 saturated carbocycles. The van der Waals surface area contributed by atoms with Crippen molar-refractivity contribution in [2.24, 2.45) is 7.05 Å². The second-order valence-corrected chi connectivity index (χ2v) is 6.33. The summed E-state index contributed by atoms with van der Waals surface area (Å²) >= 11 is 0.